The van der Waals surface area contributed by atoms with Crippen LogP contribution in [0.25, 0.3) is 0 Å². The molecule has 88 valence electrons. The van der Waals surface area contributed by atoms with Crippen LogP contribution in [0.1, 0.15) is 32.9 Å². The van der Waals surface area contributed by atoms with Gasteiger partial charge in [-0.3, -0.25) is 0 Å². The van der Waals surface area contributed by atoms with E-state index in [-0.39, 0.29) is 0 Å². The Bertz CT molecular complexity index is 334. The maximum Gasteiger partial charge on any atom is 0.132 e. The van der Waals surface area contributed by atoms with E-state index in [0.717, 1.165) is 37.4 Å². The second kappa shape index (κ2) is 6.99. The molecule has 0 aromatic carbocycles. The third kappa shape index (κ3) is 3.33. The van der Waals surface area contributed by atoms with Gasteiger partial charge in [-0.2, -0.15) is 0 Å². The molecular formula is C13H21N3. The van der Waals surface area contributed by atoms with E-state index in [1.54, 1.807) is 6.33 Å². The van der Waals surface area contributed by atoms with E-state index in [9.17, 15) is 0 Å². The number of rotatable bonds is 2. The summed E-state index contributed by atoms with van der Waals surface area (Å²) in [5.74, 6) is 1.06. The number of hydrogen-bond donors (Lipinski definition) is 0. The minimum Gasteiger partial charge on any atom is -0.352 e. The van der Waals surface area contributed by atoms with E-state index in [1.807, 2.05) is 13.8 Å². The predicted octanol–water partition coefficient (Wildman–Crippen LogP) is 2.83. The first kappa shape index (κ1) is 12.7. The van der Waals surface area contributed by atoms with Crippen molar-refractivity contribution in [1.29, 1.82) is 0 Å². The lowest BCUT2D eigenvalue weighted by Crippen LogP contribution is -2.27. The van der Waals surface area contributed by atoms with E-state index in [0.29, 0.717) is 0 Å². The third-order valence-electron chi connectivity index (χ3n) is 2.45. The minimum absolute atomic E-state index is 0.971. The van der Waals surface area contributed by atoms with Gasteiger partial charge in [-0.15, -0.1) is 0 Å². The molecule has 1 aliphatic rings. The fraction of sp³-hybridized carbons (Fsp3) is 0.538. The van der Waals surface area contributed by atoms with Crippen LogP contribution >= 0.6 is 0 Å². The number of aryl methyl sites for hydroxylation is 1. The van der Waals surface area contributed by atoms with Crippen LogP contribution in [0.2, 0.25) is 0 Å². The average Bonchev–Trinajstić information content (AvgIpc) is 2.42. The Morgan fingerprint density at radius 2 is 2.06 bits per heavy atom. The van der Waals surface area contributed by atoms with E-state index in [1.165, 1.54) is 0 Å². The largest absolute Gasteiger partial charge is 0.352 e. The molecule has 0 N–H and O–H groups in total. The molecule has 0 spiro atoms. The summed E-state index contributed by atoms with van der Waals surface area (Å²) in [5.41, 5.74) is 1.12. The molecule has 1 aliphatic heterocycles. The van der Waals surface area contributed by atoms with Crippen molar-refractivity contribution >= 4 is 5.82 Å². The highest BCUT2D eigenvalue weighted by atomic mass is 15.2. The Kier molecular flexibility index (Phi) is 5.54. The van der Waals surface area contributed by atoms with Crippen molar-refractivity contribution in [1.82, 2.24) is 9.97 Å². The first-order chi connectivity index (χ1) is 7.90. The second-order valence-electron chi connectivity index (χ2n) is 3.43. The third-order valence-corrected chi connectivity index (χ3v) is 2.45. The van der Waals surface area contributed by atoms with Crippen molar-refractivity contribution in [3.05, 3.63) is 30.2 Å². The number of hydrogen-bond acceptors (Lipinski definition) is 3. The lowest BCUT2D eigenvalue weighted by atomic mass is 10.2. The summed E-state index contributed by atoms with van der Waals surface area (Å²) in [4.78, 5) is 10.8. The van der Waals surface area contributed by atoms with Gasteiger partial charge in [-0.1, -0.05) is 32.9 Å². The van der Waals surface area contributed by atoms with E-state index < -0.39 is 0 Å². The van der Waals surface area contributed by atoms with Gasteiger partial charge in [0.05, 0.1) is 0 Å². The van der Waals surface area contributed by atoms with Gasteiger partial charge >= 0.3 is 0 Å². The first-order valence-electron chi connectivity index (χ1n) is 6.11. The molecule has 1 aromatic rings. The fourth-order valence-electron chi connectivity index (χ4n) is 1.60. The van der Waals surface area contributed by atoms with Gasteiger partial charge in [0.15, 0.2) is 0 Å². The summed E-state index contributed by atoms with van der Waals surface area (Å²) in [6.07, 6.45) is 8.16. The number of anilines is 1. The molecule has 0 saturated carbocycles. The van der Waals surface area contributed by atoms with Crippen LogP contribution in [-0.2, 0) is 6.42 Å². The van der Waals surface area contributed by atoms with Crippen molar-refractivity contribution in [3.8, 4) is 0 Å². The van der Waals surface area contributed by atoms with Crippen LogP contribution in [0.4, 0.5) is 5.82 Å². The fourth-order valence-corrected chi connectivity index (χ4v) is 1.60. The van der Waals surface area contributed by atoms with Crippen molar-refractivity contribution in [2.45, 2.75) is 33.6 Å². The Morgan fingerprint density at radius 3 is 2.69 bits per heavy atom. The molecule has 0 aliphatic carbocycles. The molecule has 3 nitrogen and oxygen atoms in total. The summed E-state index contributed by atoms with van der Waals surface area (Å²) < 4.78 is 0. The molecule has 0 saturated heterocycles. The Labute approximate surface area is 98.2 Å². The lowest BCUT2D eigenvalue weighted by molar-refractivity contribution is 0.798. The highest BCUT2D eigenvalue weighted by Crippen LogP contribution is 2.14. The summed E-state index contributed by atoms with van der Waals surface area (Å²) in [5, 5.41) is 0. The van der Waals surface area contributed by atoms with E-state index in [4.69, 9.17) is 0 Å². The SMILES string of the molecule is CC.CCc1cc(N2CC=CCC2)ncn1. The smallest absolute Gasteiger partial charge is 0.132 e. The highest BCUT2D eigenvalue weighted by molar-refractivity contribution is 5.40. The molecule has 1 aromatic heterocycles. The topological polar surface area (TPSA) is 29.0 Å². The normalized spacial score (nSPS) is 14.3. The molecule has 0 amide bonds. The first-order valence-corrected chi connectivity index (χ1v) is 6.11. The number of aromatic nitrogens is 2. The quantitative estimate of drug-likeness (QED) is 0.716. The molecule has 0 bridgehead atoms. The molecule has 0 radical (unpaired) electrons. The van der Waals surface area contributed by atoms with Crippen molar-refractivity contribution in [2.75, 3.05) is 18.0 Å². The van der Waals surface area contributed by atoms with Gasteiger partial charge in [-0.25, -0.2) is 9.97 Å². The van der Waals surface area contributed by atoms with Crippen LogP contribution in [0, 0.1) is 0 Å². The van der Waals surface area contributed by atoms with Crippen LogP contribution in [0.3, 0.4) is 0 Å². The summed E-state index contributed by atoms with van der Waals surface area (Å²) in [6.45, 7) is 8.15. The standard InChI is InChI=1S/C11H15N3.C2H6/c1-2-10-8-11(13-9-12-10)14-6-4-3-5-7-14;1-2/h3-4,8-9H,2,5-7H2,1H3;1-2H3. The van der Waals surface area contributed by atoms with Crippen molar-refractivity contribution in [3.63, 3.8) is 0 Å². The average molecular weight is 219 g/mol. The highest BCUT2D eigenvalue weighted by Gasteiger charge is 2.08. The van der Waals surface area contributed by atoms with E-state index >= 15 is 0 Å². The van der Waals surface area contributed by atoms with Crippen LogP contribution in [0.15, 0.2) is 24.5 Å². The Morgan fingerprint density at radius 1 is 1.25 bits per heavy atom. The molecule has 16 heavy (non-hydrogen) atoms. The van der Waals surface area contributed by atoms with E-state index in [2.05, 4.69) is 40.0 Å². The van der Waals surface area contributed by atoms with Crippen LogP contribution in [-0.4, -0.2) is 23.1 Å². The molecule has 2 rings (SSSR count). The molecule has 2 heterocycles. The van der Waals surface area contributed by atoms with Crippen LogP contribution in [0.5, 0.6) is 0 Å². The van der Waals surface area contributed by atoms with Gasteiger partial charge < -0.3 is 4.90 Å². The van der Waals surface area contributed by atoms with Crippen molar-refractivity contribution in [2.24, 2.45) is 0 Å². The monoisotopic (exact) mass is 219 g/mol. The van der Waals surface area contributed by atoms with Gasteiger partial charge in [0.1, 0.15) is 12.1 Å². The zero-order valence-electron chi connectivity index (χ0n) is 10.5. The summed E-state index contributed by atoms with van der Waals surface area (Å²) in [6, 6.07) is 2.08. The zero-order valence-corrected chi connectivity index (χ0v) is 10.5. The van der Waals surface area contributed by atoms with Gasteiger partial charge in [0.25, 0.3) is 0 Å². The maximum atomic E-state index is 4.29. The molecule has 0 atom stereocenters. The van der Waals surface area contributed by atoms with Gasteiger partial charge in [0.2, 0.25) is 0 Å². The van der Waals surface area contributed by atoms with Gasteiger partial charge in [0, 0.05) is 24.8 Å². The Balaban J connectivity index is 0.000000606. The maximum absolute atomic E-state index is 4.29. The molecule has 3 heteroatoms. The summed E-state index contributed by atoms with van der Waals surface area (Å²) in [7, 11) is 0. The summed E-state index contributed by atoms with van der Waals surface area (Å²) >= 11 is 0. The predicted molar refractivity (Wildman–Crippen MR) is 68.7 cm³/mol. The number of nitrogens with zero attached hydrogens (tertiary/aromatic N) is 3. The molecular weight excluding hydrogens is 198 g/mol. The van der Waals surface area contributed by atoms with Gasteiger partial charge in [-0.05, 0) is 12.8 Å². The molecule has 0 fully saturated rings. The van der Waals surface area contributed by atoms with Crippen LogP contribution < -0.4 is 4.90 Å². The molecule has 0 unspecified atom stereocenters. The zero-order chi connectivity index (χ0) is 11.8. The Hall–Kier alpha value is -1.38. The van der Waals surface area contributed by atoms with Crippen molar-refractivity contribution < 1.29 is 0 Å². The second-order valence-corrected chi connectivity index (χ2v) is 3.43. The lowest BCUT2D eigenvalue weighted by Gasteiger charge is -2.24. The minimum atomic E-state index is 0.971.